The minimum Gasteiger partial charge on any atom is -0.506 e. The third-order valence-electron chi connectivity index (χ3n) is 3.85. The number of aldehydes is 1. The second-order valence-corrected chi connectivity index (χ2v) is 6.21. The molecule has 0 saturated carbocycles. The molecule has 2 rings (SSSR count). The minimum absolute atomic E-state index is 0.0350. The van der Waals surface area contributed by atoms with Gasteiger partial charge in [-0.25, -0.2) is 8.78 Å². The van der Waals surface area contributed by atoms with Crippen LogP contribution in [0.4, 0.5) is 14.5 Å². The van der Waals surface area contributed by atoms with Crippen molar-refractivity contribution in [1.29, 1.82) is 0 Å². The summed E-state index contributed by atoms with van der Waals surface area (Å²) >= 11 is 0. The molecule has 0 saturated heterocycles. The monoisotopic (exact) mass is 420 g/mol. The third kappa shape index (κ3) is 5.31. The maximum Gasteiger partial charge on any atom is 0.322 e. The zero-order chi connectivity index (χ0) is 22.4. The van der Waals surface area contributed by atoms with Crippen LogP contribution in [0.5, 0.6) is 11.5 Å². The summed E-state index contributed by atoms with van der Waals surface area (Å²) in [6.07, 6.45) is 0.109. The van der Waals surface area contributed by atoms with Gasteiger partial charge in [0.2, 0.25) is 0 Å². The Kier molecular flexibility index (Phi) is 7.08. The number of amides is 1. The van der Waals surface area contributed by atoms with Crippen LogP contribution in [0.2, 0.25) is 0 Å². The number of carboxylic acid groups (broad SMARTS) is 1. The largest absolute Gasteiger partial charge is 0.506 e. The van der Waals surface area contributed by atoms with Gasteiger partial charge in [-0.1, -0.05) is 0 Å². The molecule has 0 aliphatic carbocycles. The van der Waals surface area contributed by atoms with Gasteiger partial charge in [-0.2, -0.15) is 0 Å². The van der Waals surface area contributed by atoms with Crippen LogP contribution in [0.1, 0.15) is 5.56 Å². The van der Waals surface area contributed by atoms with Crippen molar-refractivity contribution in [1.82, 2.24) is 5.32 Å². The molecule has 2 aromatic rings. The average molecular weight is 420 g/mol. The van der Waals surface area contributed by atoms with E-state index in [2.05, 4.69) is 0 Å². The fraction of sp³-hybridized carbons (Fsp3) is 0.150. The summed E-state index contributed by atoms with van der Waals surface area (Å²) in [4.78, 5) is 35.5. The van der Waals surface area contributed by atoms with E-state index in [-0.39, 0.29) is 23.3 Å². The Morgan fingerprint density at radius 1 is 1.07 bits per heavy atom. The first kappa shape index (κ1) is 22.3. The van der Waals surface area contributed by atoms with E-state index in [9.17, 15) is 28.3 Å². The van der Waals surface area contributed by atoms with Gasteiger partial charge < -0.3 is 25.2 Å². The van der Waals surface area contributed by atoms with Crippen molar-refractivity contribution in [2.45, 2.75) is 0 Å². The number of carbonyl (C=O) groups excluding carboxylic acids is 2. The van der Waals surface area contributed by atoms with Crippen LogP contribution in [0.3, 0.4) is 0 Å². The molecule has 8 nitrogen and oxygen atoms in total. The van der Waals surface area contributed by atoms with E-state index in [1.165, 1.54) is 24.3 Å². The zero-order valence-corrected chi connectivity index (χ0v) is 16.0. The molecule has 0 aromatic heterocycles. The molecule has 0 aliphatic heterocycles. The first-order valence-electron chi connectivity index (χ1n) is 8.47. The molecule has 0 heterocycles. The standard InChI is InChI=1S/C20H18F2N2O6/c1-24(2)17-8-12(30-11-4-6-15(21)16(22)7-11)3-5-13(17)19(28)14(10-25)20(29)23-9-18(26)27/h3-8,10,28H,9H2,1-2H3,(H,23,29)(H,26,27)/b19-14-. The Morgan fingerprint density at radius 3 is 2.27 bits per heavy atom. The Balaban J connectivity index is 2.42. The molecular weight excluding hydrogens is 402 g/mol. The molecule has 0 aliphatic rings. The van der Waals surface area contributed by atoms with Gasteiger partial charge >= 0.3 is 5.97 Å². The molecule has 0 spiro atoms. The number of anilines is 1. The lowest BCUT2D eigenvalue weighted by molar-refractivity contribution is -0.137. The molecule has 0 radical (unpaired) electrons. The van der Waals surface area contributed by atoms with Crippen LogP contribution >= 0.6 is 0 Å². The maximum atomic E-state index is 13.4. The molecule has 0 fully saturated rings. The van der Waals surface area contributed by atoms with Crippen LogP contribution in [0.25, 0.3) is 5.76 Å². The molecule has 30 heavy (non-hydrogen) atoms. The van der Waals surface area contributed by atoms with Gasteiger partial charge in [0.05, 0.1) is 5.69 Å². The number of aliphatic hydroxyl groups is 1. The first-order valence-corrected chi connectivity index (χ1v) is 8.47. The summed E-state index contributed by atoms with van der Waals surface area (Å²) in [5.74, 6) is -4.91. The number of hydrogen-bond acceptors (Lipinski definition) is 6. The minimum atomic E-state index is -1.32. The van der Waals surface area contributed by atoms with E-state index in [1.807, 2.05) is 5.32 Å². The van der Waals surface area contributed by atoms with Crippen molar-refractivity contribution < 1.29 is 38.1 Å². The number of aliphatic hydroxyl groups excluding tert-OH is 1. The molecule has 2 aromatic carbocycles. The number of nitrogens with one attached hydrogen (secondary N) is 1. The van der Waals surface area contributed by atoms with Crippen molar-refractivity contribution in [2.75, 3.05) is 25.5 Å². The quantitative estimate of drug-likeness (QED) is 0.198. The predicted molar refractivity (Wildman–Crippen MR) is 103 cm³/mol. The van der Waals surface area contributed by atoms with Gasteiger partial charge in [0.15, 0.2) is 17.9 Å². The van der Waals surface area contributed by atoms with Crippen molar-refractivity contribution in [2.24, 2.45) is 0 Å². The van der Waals surface area contributed by atoms with E-state index in [1.54, 1.807) is 19.0 Å². The average Bonchev–Trinajstić information content (AvgIpc) is 2.69. The summed E-state index contributed by atoms with van der Waals surface area (Å²) in [5.41, 5.74) is -0.239. The Hall–Kier alpha value is -3.95. The Morgan fingerprint density at radius 2 is 1.70 bits per heavy atom. The number of carbonyl (C=O) groups is 3. The fourth-order valence-corrected chi connectivity index (χ4v) is 2.43. The summed E-state index contributed by atoms with van der Waals surface area (Å²) in [7, 11) is 3.25. The second kappa shape index (κ2) is 9.50. The van der Waals surface area contributed by atoms with E-state index in [0.29, 0.717) is 5.69 Å². The molecule has 3 N–H and O–H groups in total. The number of halogens is 2. The number of ether oxygens (including phenoxy) is 1. The first-order chi connectivity index (χ1) is 14.1. The molecule has 0 atom stereocenters. The number of hydrogen-bond donors (Lipinski definition) is 3. The van der Waals surface area contributed by atoms with Crippen molar-refractivity contribution in [3.63, 3.8) is 0 Å². The van der Waals surface area contributed by atoms with E-state index in [4.69, 9.17) is 9.84 Å². The summed E-state index contributed by atoms with van der Waals surface area (Å²) in [6, 6.07) is 7.20. The van der Waals surface area contributed by atoms with E-state index < -0.39 is 41.4 Å². The highest BCUT2D eigenvalue weighted by Crippen LogP contribution is 2.32. The SMILES string of the molecule is CN(C)c1cc(Oc2ccc(F)c(F)c2)ccc1/C(O)=C(\C=O)C(=O)NCC(=O)O. The van der Waals surface area contributed by atoms with E-state index >= 15 is 0 Å². The Bertz CT molecular complexity index is 1020. The summed E-state index contributed by atoms with van der Waals surface area (Å²) in [5, 5.41) is 21.1. The zero-order valence-electron chi connectivity index (χ0n) is 16.0. The molecule has 0 bridgehead atoms. The lowest BCUT2D eigenvalue weighted by Gasteiger charge is -2.19. The van der Waals surface area contributed by atoms with Gasteiger partial charge in [-0.05, 0) is 24.3 Å². The fourth-order valence-electron chi connectivity index (χ4n) is 2.43. The molecule has 1 amide bonds. The number of carboxylic acids is 1. The van der Waals surface area contributed by atoms with Crippen molar-refractivity contribution in [3.05, 3.63) is 59.2 Å². The molecule has 0 unspecified atom stereocenters. The Labute approximate surface area is 170 Å². The number of benzene rings is 2. The topological polar surface area (TPSA) is 116 Å². The van der Waals surface area contributed by atoms with Crippen LogP contribution < -0.4 is 15.0 Å². The maximum absolute atomic E-state index is 13.4. The van der Waals surface area contributed by atoms with Gasteiger partial charge in [-0.15, -0.1) is 0 Å². The lowest BCUT2D eigenvalue weighted by atomic mass is 10.1. The lowest BCUT2D eigenvalue weighted by Crippen LogP contribution is -2.31. The number of rotatable bonds is 8. The van der Waals surface area contributed by atoms with Crippen LogP contribution in [-0.2, 0) is 14.4 Å². The number of aliphatic carboxylic acids is 1. The smallest absolute Gasteiger partial charge is 0.322 e. The van der Waals surface area contributed by atoms with Crippen LogP contribution in [0, 0.1) is 11.6 Å². The second-order valence-electron chi connectivity index (χ2n) is 6.21. The third-order valence-corrected chi connectivity index (χ3v) is 3.85. The summed E-state index contributed by atoms with van der Waals surface area (Å²) < 4.78 is 31.9. The summed E-state index contributed by atoms with van der Waals surface area (Å²) in [6.45, 7) is -0.731. The predicted octanol–water partition coefficient (Wildman–Crippen LogP) is 2.49. The van der Waals surface area contributed by atoms with Crippen molar-refractivity contribution >= 4 is 29.6 Å². The normalized spacial score (nSPS) is 11.3. The van der Waals surface area contributed by atoms with Crippen LogP contribution in [0.15, 0.2) is 42.0 Å². The van der Waals surface area contributed by atoms with Crippen molar-refractivity contribution in [3.8, 4) is 11.5 Å². The van der Waals surface area contributed by atoms with Gasteiger partial charge in [0.25, 0.3) is 5.91 Å². The highest BCUT2D eigenvalue weighted by atomic mass is 19.2. The number of nitrogens with zero attached hydrogens (tertiary/aromatic N) is 1. The molecule has 10 heteroatoms. The van der Waals surface area contributed by atoms with Gasteiger partial charge in [-0.3, -0.25) is 14.4 Å². The van der Waals surface area contributed by atoms with E-state index in [0.717, 1.165) is 12.1 Å². The molecule has 158 valence electrons. The molecular formula is C20H18F2N2O6. The highest BCUT2D eigenvalue weighted by molar-refractivity contribution is 6.16. The van der Waals surface area contributed by atoms with Gasteiger partial charge in [0.1, 0.15) is 29.4 Å². The van der Waals surface area contributed by atoms with Gasteiger partial charge in [0, 0.05) is 31.8 Å². The van der Waals surface area contributed by atoms with Crippen LogP contribution in [-0.4, -0.2) is 49.0 Å². The highest BCUT2D eigenvalue weighted by Gasteiger charge is 2.20.